The van der Waals surface area contributed by atoms with Crippen molar-refractivity contribution >= 4 is 12.0 Å². The Morgan fingerprint density at radius 3 is 2.57 bits per heavy atom. The highest BCUT2D eigenvalue weighted by Crippen LogP contribution is 2.33. The van der Waals surface area contributed by atoms with Crippen molar-refractivity contribution < 1.29 is 14.7 Å². The fourth-order valence-corrected chi connectivity index (χ4v) is 3.71. The molecule has 1 saturated carbocycles. The topological polar surface area (TPSA) is 69.6 Å². The molecule has 1 aliphatic carbocycles. The lowest BCUT2D eigenvalue weighted by atomic mass is 9.76. The van der Waals surface area contributed by atoms with Gasteiger partial charge in [-0.25, -0.2) is 9.59 Å². The van der Waals surface area contributed by atoms with Crippen LogP contribution in [0.25, 0.3) is 0 Å². The summed E-state index contributed by atoms with van der Waals surface area (Å²) in [5.41, 5.74) is -1.06. The van der Waals surface area contributed by atoms with E-state index in [2.05, 4.69) is 26.1 Å². The van der Waals surface area contributed by atoms with Gasteiger partial charge in [0.1, 0.15) is 5.54 Å². The van der Waals surface area contributed by atoms with Crippen LogP contribution < -0.4 is 5.32 Å². The molecule has 2 N–H and O–H groups in total. The number of nitrogens with one attached hydrogen (secondary N) is 1. The number of rotatable bonds is 3. The van der Waals surface area contributed by atoms with Crippen molar-refractivity contribution in [2.75, 3.05) is 13.1 Å². The van der Waals surface area contributed by atoms with E-state index in [1.54, 1.807) is 4.90 Å². The van der Waals surface area contributed by atoms with Crippen molar-refractivity contribution in [2.24, 2.45) is 17.8 Å². The molecule has 0 spiro atoms. The smallest absolute Gasteiger partial charge is 0.329 e. The first kappa shape index (κ1) is 16.1. The van der Waals surface area contributed by atoms with E-state index in [-0.39, 0.29) is 6.03 Å². The number of hydrogen-bond donors (Lipinski definition) is 2. The molecule has 1 heterocycles. The summed E-state index contributed by atoms with van der Waals surface area (Å²) in [7, 11) is 0. The zero-order valence-corrected chi connectivity index (χ0v) is 13.4. The van der Waals surface area contributed by atoms with E-state index in [9.17, 15) is 14.7 Å². The van der Waals surface area contributed by atoms with Crippen LogP contribution in [0, 0.1) is 17.8 Å². The Labute approximate surface area is 127 Å². The number of carbonyl (C=O) groups excluding carboxylic acids is 1. The highest BCUT2D eigenvalue weighted by atomic mass is 16.4. The predicted octanol–water partition coefficient (Wildman–Crippen LogP) is 2.71. The Hall–Kier alpha value is -1.26. The highest BCUT2D eigenvalue weighted by molar-refractivity contribution is 5.86. The van der Waals surface area contributed by atoms with Crippen molar-refractivity contribution in [3.05, 3.63) is 0 Å². The fourth-order valence-electron chi connectivity index (χ4n) is 3.71. The summed E-state index contributed by atoms with van der Waals surface area (Å²) in [6.45, 7) is 7.89. The molecule has 0 aromatic rings. The Balaban J connectivity index is 2.01. The number of amides is 2. The van der Waals surface area contributed by atoms with E-state index in [0.717, 1.165) is 32.4 Å². The van der Waals surface area contributed by atoms with Crippen LogP contribution in [0.5, 0.6) is 0 Å². The quantitative estimate of drug-likeness (QED) is 0.841. The van der Waals surface area contributed by atoms with Crippen LogP contribution in [0.4, 0.5) is 4.79 Å². The number of hydrogen-bond acceptors (Lipinski definition) is 2. The molecule has 5 heteroatoms. The van der Waals surface area contributed by atoms with Crippen LogP contribution in [0.15, 0.2) is 0 Å². The number of nitrogens with zero attached hydrogens (tertiary/aromatic N) is 1. The third-order valence-electron chi connectivity index (χ3n) is 5.21. The lowest BCUT2D eigenvalue weighted by molar-refractivity contribution is -0.146. The number of urea groups is 1. The lowest BCUT2D eigenvalue weighted by Crippen LogP contribution is -2.59. The van der Waals surface area contributed by atoms with Gasteiger partial charge in [0.15, 0.2) is 0 Å². The zero-order chi connectivity index (χ0) is 15.6. The molecule has 2 rings (SSSR count). The molecule has 3 unspecified atom stereocenters. The molecule has 2 aliphatic rings. The molecule has 0 aromatic heterocycles. The third-order valence-corrected chi connectivity index (χ3v) is 5.21. The molecule has 2 fully saturated rings. The van der Waals surface area contributed by atoms with Crippen molar-refractivity contribution in [1.29, 1.82) is 0 Å². The minimum absolute atomic E-state index is 0.199. The second-order valence-electron chi connectivity index (χ2n) is 7.26. The van der Waals surface area contributed by atoms with Gasteiger partial charge in [-0.3, -0.25) is 0 Å². The Kier molecular flexibility index (Phi) is 4.79. The number of aliphatic carboxylic acids is 1. The number of carboxylic acid groups (broad SMARTS) is 1. The first-order chi connectivity index (χ1) is 9.84. The lowest BCUT2D eigenvalue weighted by Gasteiger charge is -2.38. The van der Waals surface area contributed by atoms with Crippen molar-refractivity contribution in [1.82, 2.24) is 10.2 Å². The van der Waals surface area contributed by atoms with Crippen LogP contribution >= 0.6 is 0 Å². The van der Waals surface area contributed by atoms with E-state index < -0.39 is 11.5 Å². The monoisotopic (exact) mass is 296 g/mol. The molecule has 3 atom stereocenters. The van der Waals surface area contributed by atoms with E-state index in [4.69, 9.17) is 0 Å². The van der Waals surface area contributed by atoms with Crippen molar-refractivity contribution in [3.63, 3.8) is 0 Å². The zero-order valence-electron chi connectivity index (χ0n) is 13.4. The standard InChI is InChI=1S/C16H28N2O3/c1-11(2)13-6-8-18(10-13)15(21)17-16(14(19)20)7-4-5-12(3)9-16/h11-13H,4-10H2,1-3H3,(H,17,21)(H,19,20). The second kappa shape index (κ2) is 6.24. The number of carboxylic acids is 1. The van der Waals surface area contributed by atoms with Gasteiger partial charge >= 0.3 is 12.0 Å². The summed E-state index contributed by atoms with van der Waals surface area (Å²) in [5, 5.41) is 12.5. The minimum atomic E-state index is -1.06. The average molecular weight is 296 g/mol. The maximum Gasteiger partial charge on any atom is 0.329 e. The Bertz CT molecular complexity index is 410. The summed E-state index contributed by atoms with van der Waals surface area (Å²) in [6.07, 6.45) is 4.00. The molecular formula is C16H28N2O3. The molecule has 5 nitrogen and oxygen atoms in total. The first-order valence-corrected chi connectivity index (χ1v) is 8.14. The third kappa shape index (κ3) is 3.50. The molecule has 1 aliphatic heterocycles. The van der Waals surface area contributed by atoms with Crippen LogP contribution in [0.2, 0.25) is 0 Å². The van der Waals surface area contributed by atoms with Crippen LogP contribution in [-0.4, -0.2) is 40.6 Å². The van der Waals surface area contributed by atoms with E-state index in [1.165, 1.54) is 0 Å². The van der Waals surface area contributed by atoms with E-state index in [0.29, 0.717) is 30.6 Å². The molecule has 21 heavy (non-hydrogen) atoms. The summed E-state index contributed by atoms with van der Waals surface area (Å²) >= 11 is 0. The van der Waals surface area contributed by atoms with Gasteiger partial charge < -0.3 is 15.3 Å². The second-order valence-corrected chi connectivity index (χ2v) is 7.26. The maximum atomic E-state index is 12.4. The highest BCUT2D eigenvalue weighted by Gasteiger charge is 2.44. The van der Waals surface area contributed by atoms with Gasteiger partial charge in [0.25, 0.3) is 0 Å². The average Bonchev–Trinajstić information content (AvgIpc) is 2.88. The van der Waals surface area contributed by atoms with Crippen molar-refractivity contribution in [3.8, 4) is 0 Å². The van der Waals surface area contributed by atoms with Crippen LogP contribution in [0.1, 0.15) is 52.9 Å². The summed E-state index contributed by atoms with van der Waals surface area (Å²) in [4.78, 5) is 25.9. The SMILES string of the molecule is CC1CCCC(NC(=O)N2CCC(C(C)C)C2)(C(=O)O)C1. The number of likely N-dealkylation sites (tertiary alicyclic amines) is 1. The fraction of sp³-hybridized carbons (Fsp3) is 0.875. The number of carbonyl (C=O) groups is 2. The molecule has 1 saturated heterocycles. The largest absolute Gasteiger partial charge is 0.480 e. The molecular weight excluding hydrogens is 268 g/mol. The van der Waals surface area contributed by atoms with Crippen LogP contribution in [-0.2, 0) is 4.79 Å². The van der Waals surface area contributed by atoms with Crippen molar-refractivity contribution in [2.45, 2.75) is 58.4 Å². The normalized spacial score (nSPS) is 33.2. The molecule has 0 radical (unpaired) electrons. The summed E-state index contributed by atoms with van der Waals surface area (Å²) in [5.74, 6) is 0.548. The summed E-state index contributed by atoms with van der Waals surface area (Å²) < 4.78 is 0. The molecule has 0 bridgehead atoms. The predicted molar refractivity (Wildman–Crippen MR) is 81.0 cm³/mol. The summed E-state index contributed by atoms with van der Waals surface area (Å²) in [6, 6.07) is -0.199. The van der Waals surface area contributed by atoms with Gasteiger partial charge in [-0.2, -0.15) is 0 Å². The Morgan fingerprint density at radius 2 is 2.05 bits per heavy atom. The van der Waals surface area contributed by atoms with Gasteiger partial charge in [-0.15, -0.1) is 0 Å². The Morgan fingerprint density at radius 1 is 1.33 bits per heavy atom. The van der Waals surface area contributed by atoms with Gasteiger partial charge in [-0.05, 0) is 37.0 Å². The van der Waals surface area contributed by atoms with E-state index >= 15 is 0 Å². The molecule has 120 valence electrons. The van der Waals surface area contributed by atoms with Gasteiger partial charge in [-0.1, -0.05) is 33.6 Å². The van der Waals surface area contributed by atoms with Crippen LogP contribution in [0.3, 0.4) is 0 Å². The first-order valence-electron chi connectivity index (χ1n) is 8.14. The minimum Gasteiger partial charge on any atom is -0.480 e. The van der Waals surface area contributed by atoms with Gasteiger partial charge in [0, 0.05) is 13.1 Å². The molecule has 0 aromatic carbocycles. The maximum absolute atomic E-state index is 12.4. The van der Waals surface area contributed by atoms with Gasteiger partial charge in [0.2, 0.25) is 0 Å². The van der Waals surface area contributed by atoms with E-state index in [1.807, 2.05) is 0 Å². The molecule has 2 amide bonds. The van der Waals surface area contributed by atoms with Gasteiger partial charge in [0.05, 0.1) is 0 Å².